The van der Waals surface area contributed by atoms with Crippen LogP contribution in [0.3, 0.4) is 0 Å². The van der Waals surface area contributed by atoms with Gasteiger partial charge in [0.05, 0.1) is 12.7 Å². The average Bonchev–Trinajstić information content (AvgIpc) is 2.46. The van der Waals surface area contributed by atoms with Crippen molar-refractivity contribution in [2.24, 2.45) is 5.41 Å². The second-order valence-corrected chi connectivity index (χ2v) is 5.87. The lowest BCUT2D eigenvalue weighted by Gasteiger charge is -2.54. The molecular formula is C17H27NO2. The first-order valence-corrected chi connectivity index (χ1v) is 7.60. The van der Waals surface area contributed by atoms with Crippen molar-refractivity contribution in [1.29, 1.82) is 0 Å². The molecule has 3 heteroatoms. The van der Waals surface area contributed by atoms with Crippen LogP contribution in [0.25, 0.3) is 0 Å². The third-order valence-electron chi connectivity index (χ3n) is 4.69. The van der Waals surface area contributed by atoms with E-state index in [0.717, 1.165) is 19.4 Å². The summed E-state index contributed by atoms with van der Waals surface area (Å²) in [5.74, 6) is 0. The first-order valence-electron chi connectivity index (χ1n) is 7.60. The second kappa shape index (κ2) is 6.59. The Morgan fingerprint density at radius 2 is 2.15 bits per heavy atom. The Bertz CT molecular complexity index is 435. The molecule has 1 fully saturated rings. The van der Waals surface area contributed by atoms with E-state index >= 15 is 0 Å². The van der Waals surface area contributed by atoms with Crippen LogP contribution < -0.4 is 5.32 Å². The molecule has 0 heterocycles. The van der Waals surface area contributed by atoms with E-state index in [4.69, 9.17) is 9.47 Å². The summed E-state index contributed by atoms with van der Waals surface area (Å²) in [7, 11) is 1.73. The molecule has 3 unspecified atom stereocenters. The van der Waals surface area contributed by atoms with Gasteiger partial charge in [0.2, 0.25) is 0 Å². The van der Waals surface area contributed by atoms with E-state index in [9.17, 15) is 0 Å². The number of nitrogens with one attached hydrogen (secondary N) is 1. The molecule has 1 saturated carbocycles. The predicted octanol–water partition coefficient (Wildman–Crippen LogP) is 3.84. The minimum absolute atomic E-state index is 0.229. The summed E-state index contributed by atoms with van der Waals surface area (Å²) < 4.78 is 11.0. The average molecular weight is 277 g/mol. The molecule has 3 atom stereocenters. The fraction of sp³-hybridized carbons (Fsp3) is 0.647. The first-order chi connectivity index (χ1) is 9.63. The molecule has 0 bridgehead atoms. The number of anilines is 1. The molecule has 0 aliphatic heterocycles. The summed E-state index contributed by atoms with van der Waals surface area (Å²) >= 11 is 0. The van der Waals surface area contributed by atoms with Gasteiger partial charge in [0, 0.05) is 30.9 Å². The lowest BCUT2D eigenvalue weighted by atomic mass is 9.61. The van der Waals surface area contributed by atoms with Gasteiger partial charge in [-0.05, 0) is 37.5 Å². The maximum atomic E-state index is 5.85. The molecule has 0 saturated heterocycles. The van der Waals surface area contributed by atoms with E-state index in [-0.39, 0.29) is 5.41 Å². The highest BCUT2D eigenvalue weighted by Crippen LogP contribution is 2.47. The molecule has 1 aromatic rings. The van der Waals surface area contributed by atoms with Crippen molar-refractivity contribution in [2.75, 3.05) is 19.0 Å². The van der Waals surface area contributed by atoms with E-state index in [2.05, 4.69) is 50.4 Å². The van der Waals surface area contributed by atoms with Gasteiger partial charge in [-0.3, -0.25) is 0 Å². The van der Waals surface area contributed by atoms with Gasteiger partial charge >= 0.3 is 0 Å². The molecule has 1 aromatic carbocycles. The molecule has 0 amide bonds. The minimum atomic E-state index is 0.229. The van der Waals surface area contributed by atoms with Crippen LogP contribution in [0, 0.1) is 5.41 Å². The Balaban J connectivity index is 2.01. The predicted molar refractivity (Wildman–Crippen MR) is 83.0 cm³/mol. The number of ether oxygens (including phenoxy) is 2. The van der Waals surface area contributed by atoms with Gasteiger partial charge in [0.1, 0.15) is 0 Å². The zero-order chi connectivity index (χ0) is 14.6. The topological polar surface area (TPSA) is 30.5 Å². The van der Waals surface area contributed by atoms with Gasteiger partial charge in [-0.25, -0.2) is 0 Å². The van der Waals surface area contributed by atoms with Crippen molar-refractivity contribution in [1.82, 2.24) is 0 Å². The summed E-state index contributed by atoms with van der Waals surface area (Å²) in [6.07, 6.45) is 2.61. The van der Waals surface area contributed by atoms with E-state index in [1.165, 1.54) is 11.3 Å². The highest BCUT2D eigenvalue weighted by atomic mass is 16.5. The number of rotatable bonds is 7. The van der Waals surface area contributed by atoms with E-state index < -0.39 is 0 Å². The largest absolute Gasteiger partial charge is 0.382 e. The van der Waals surface area contributed by atoms with Gasteiger partial charge in [0.15, 0.2) is 0 Å². The molecule has 3 nitrogen and oxygen atoms in total. The Labute approximate surface area is 122 Å². The first kappa shape index (κ1) is 15.3. The van der Waals surface area contributed by atoms with Gasteiger partial charge in [-0.1, -0.05) is 26.0 Å². The van der Waals surface area contributed by atoms with Crippen LogP contribution in [0.5, 0.6) is 0 Å². The molecule has 20 heavy (non-hydrogen) atoms. The summed E-state index contributed by atoms with van der Waals surface area (Å²) in [4.78, 5) is 0. The molecule has 1 N–H and O–H groups in total. The lowest BCUT2D eigenvalue weighted by Crippen LogP contribution is -2.59. The van der Waals surface area contributed by atoms with E-state index in [1.807, 2.05) is 0 Å². The molecule has 112 valence electrons. The molecule has 2 rings (SSSR count). The monoisotopic (exact) mass is 277 g/mol. The summed E-state index contributed by atoms with van der Waals surface area (Å²) in [6.45, 7) is 8.11. The van der Waals surface area contributed by atoms with Gasteiger partial charge < -0.3 is 14.8 Å². The van der Waals surface area contributed by atoms with E-state index in [1.54, 1.807) is 7.11 Å². The fourth-order valence-corrected chi connectivity index (χ4v) is 3.09. The zero-order valence-corrected chi connectivity index (χ0v) is 13.1. The van der Waals surface area contributed by atoms with Gasteiger partial charge in [0.25, 0.3) is 0 Å². The maximum absolute atomic E-state index is 5.85. The SMILES string of the molecule is CCOC1CC(Nc2cccc(COC)c2)C1(C)CC. The fourth-order valence-electron chi connectivity index (χ4n) is 3.09. The van der Waals surface area contributed by atoms with E-state index in [0.29, 0.717) is 18.8 Å². The Hall–Kier alpha value is -1.06. The third kappa shape index (κ3) is 2.99. The van der Waals surface area contributed by atoms with Crippen LogP contribution in [0.15, 0.2) is 24.3 Å². The Kier molecular flexibility index (Phi) is 5.06. The number of methoxy groups -OCH3 is 1. The quantitative estimate of drug-likeness (QED) is 0.821. The van der Waals surface area contributed by atoms with Crippen LogP contribution in [0.1, 0.15) is 39.2 Å². The van der Waals surface area contributed by atoms with Crippen molar-refractivity contribution in [2.45, 2.75) is 52.4 Å². The molecule has 1 aliphatic rings. The highest BCUT2D eigenvalue weighted by Gasteiger charge is 2.51. The minimum Gasteiger partial charge on any atom is -0.382 e. The Morgan fingerprint density at radius 1 is 1.35 bits per heavy atom. The number of benzene rings is 1. The van der Waals surface area contributed by atoms with Crippen LogP contribution in [-0.4, -0.2) is 25.9 Å². The molecule has 1 aliphatic carbocycles. The number of hydrogen-bond donors (Lipinski definition) is 1. The summed E-state index contributed by atoms with van der Waals surface area (Å²) in [5, 5.41) is 3.67. The smallest absolute Gasteiger partial charge is 0.0713 e. The number of hydrogen-bond acceptors (Lipinski definition) is 3. The van der Waals surface area contributed by atoms with Gasteiger partial charge in [-0.15, -0.1) is 0 Å². The lowest BCUT2D eigenvalue weighted by molar-refractivity contribution is -0.109. The van der Waals surface area contributed by atoms with Crippen molar-refractivity contribution < 1.29 is 9.47 Å². The second-order valence-electron chi connectivity index (χ2n) is 5.87. The van der Waals surface area contributed by atoms with Gasteiger partial charge in [-0.2, -0.15) is 0 Å². The molecule has 0 spiro atoms. The summed E-state index contributed by atoms with van der Waals surface area (Å²) in [5.41, 5.74) is 2.61. The van der Waals surface area contributed by atoms with Crippen molar-refractivity contribution in [3.8, 4) is 0 Å². The molecule has 0 radical (unpaired) electrons. The van der Waals surface area contributed by atoms with Crippen molar-refractivity contribution in [3.63, 3.8) is 0 Å². The van der Waals surface area contributed by atoms with Crippen LogP contribution in [0.4, 0.5) is 5.69 Å². The van der Waals surface area contributed by atoms with Crippen molar-refractivity contribution >= 4 is 5.69 Å². The third-order valence-corrected chi connectivity index (χ3v) is 4.69. The standard InChI is InChI=1S/C17H27NO2/c1-5-17(3)15(11-16(17)20-6-2)18-14-9-7-8-13(10-14)12-19-4/h7-10,15-16,18H,5-6,11-12H2,1-4H3. The van der Waals surface area contributed by atoms with Crippen LogP contribution >= 0.6 is 0 Å². The highest BCUT2D eigenvalue weighted by molar-refractivity contribution is 5.47. The zero-order valence-electron chi connectivity index (χ0n) is 13.1. The molecular weight excluding hydrogens is 250 g/mol. The van der Waals surface area contributed by atoms with Crippen LogP contribution in [0.2, 0.25) is 0 Å². The normalized spacial score (nSPS) is 29.0. The van der Waals surface area contributed by atoms with Crippen molar-refractivity contribution in [3.05, 3.63) is 29.8 Å². The molecule has 0 aromatic heterocycles. The Morgan fingerprint density at radius 3 is 2.80 bits per heavy atom. The summed E-state index contributed by atoms with van der Waals surface area (Å²) in [6, 6.07) is 8.97. The maximum Gasteiger partial charge on any atom is 0.0713 e. The van der Waals surface area contributed by atoms with Crippen LogP contribution in [-0.2, 0) is 16.1 Å².